The van der Waals surface area contributed by atoms with E-state index in [0.717, 1.165) is 5.69 Å². The molecular weight excluding hydrogens is 354 g/mol. The molecule has 3 rings (SSSR count). The highest BCUT2D eigenvalue weighted by Crippen LogP contribution is 2.21. The molecule has 1 saturated heterocycles. The Bertz CT molecular complexity index is 913. The molecule has 2 amide bonds. The van der Waals surface area contributed by atoms with Gasteiger partial charge in [0.05, 0.1) is 28.7 Å². The maximum atomic E-state index is 12.4. The number of benzene rings is 2. The highest BCUT2D eigenvalue weighted by atomic mass is 32.2. The van der Waals surface area contributed by atoms with Crippen LogP contribution in [0.4, 0.5) is 11.4 Å². The molecule has 1 fully saturated rings. The van der Waals surface area contributed by atoms with Crippen LogP contribution >= 0.6 is 0 Å². The van der Waals surface area contributed by atoms with Crippen LogP contribution in [0.15, 0.2) is 54.6 Å². The van der Waals surface area contributed by atoms with Gasteiger partial charge in [-0.05, 0) is 30.7 Å². The van der Waals surface area contributed by atoms with E-state index >= 15 is 0 Å². The fourth-order valence-electron chi connectivity index (χ4n) is 2.76. The first-order valence-electron chi connectivity index (χ1n) is 8.16. The number of hydrogen-bond donors (Lipinski definition) is 3. The molecule has 0 aromatic heterocycles. The Morgan fingerprint density at radius 3 is 2.31 bits per heavy atom. The summed E-state index contributed by atoms with van der Waals surface area (Å²) in [6, 6.07) is 16.3. The second-order valence-corrected chi connectivity index (χ2v) is 8.31. The first kappa shape index (κ1) is 17.9. The summed E-state index contributed by atoms with van der Waals surface area (Å²) in [4.78, 5) is 24.5. The van der Waals surface area contributed by atoms with Gasteiger partial charge in [0, 0.05) is 5.69 Å². The second kappa shape index (κ2) is 7.57. The molecule has 1 aliphatic heterocycles. The maximum Gasteiger partial charge on any atom is 0.271 e. The smallest absolute Gasteiger partial charge is 0.271 e. The number of rotatable bonds is 4. The SMILES string of the molecule is O=C(NNC(=O)[C@H]1CCS(=O)(=O)C1)c1ccccc1Nc1ccccc1. The van der Waals surface area contributed by atoms with E-state index in [4.69, 9.17) is 0 Å². The minimum absolute atomic E-state index is 0.00284. The molecule has 2 aromatic rings. The molecule has 1 aliphatic rings. The molecule has 1 atom stereocenters. The lowest BCUT2D eigenvalue weighted by Crippen LogP contribution is -2.45. The minimum Gasteiger partial charge on any atom is -0.355 e. The number of anilines is 2. The molecule has 1 heterocycles. The van der Waals surface area contributed by atoms with Crippen molar-refractivity contribution < 1.29 is 18.0 Å². The number of hydrazine groups is 1. The number of sulfone groups is 1. The van der Waals surface area contributed by atoms with Crippen molar-refractivity contribution in [1.29, 1.82) is 0 Å². The van der Waals surface area contributed by atoms with Gasteiger partial charge >= 0.3 is 0 Å². The molecule has 136 valence electrons. The summed E-state index contributed by atoms with van der Waals surface area (Å²) in [5, 5.41) is 3.15. The van der Waals surface area contributed by atoms with Crippen molar-refractivity contribution in [2.75, 3.05) is 16.8 Å². The average Bonchev–Trinajstić information content (AvgIpc) is 3.01. The van der Waals surface area contributed by atoms with Crippen molar-refractivity contribution >= 4 is 33.0 Å². The molecule has 0 bridgehead atoms. The van der Waals surface area contributed by atoms with Crippen LogP contribution in [0.5, 0.6) is 0 Å². The quantitative estimate of drug-likeness (QED) is 0.707. The van der Waals surface area contributed by atoms with E-state index in [9.17, 15) is 18.0 Å². The van der Waals surface area contributed by atoms with E-state index in [1.807, 2.05) is 30.3 Å². The Morgan fingerprint density at radius 2 is 1.62 bits per heavy atom. The summed E-state index contributed by atoms with van der Waals surface area (Å²) in [5.41, 5.74) is 6.45. The topological polar surface area (TPSA) is 104 Å². The lowest BCUT2D eigenvalue weighted by atomic mass is 10.1. The lowest BCUT2D eigenvalue weighted by Gasteiger charge is -2.14. The number of hydrogen-bond acceptors (Lipinski definition) is 5. The van der Waals surface area contributed by atoms with E-state index in [1.54, 1.807) is 24.3 Å². The molecule has 7 nitrogen and oxygen atoms in total. The van der Waals surface area contributed by atoms with Crippen LogP contribution in [0, 0.1) is 5.92 Å². The number of para-hydroxylation sites is 2. The van der Waals surface area contributed by atoms with Gasteiger partial charge in [0.15, 0.2) is 9.84 Å². The van der Waals surface area contributed by atoms with Crippen LogP contribution < -0.4 is 16.2 Å². The molecular formula is C18H19N3O4S. The van der Waals surface area contributed by atoms with Gasteiger partial charge in [-0.25, -0.2) is 8.42 Å². The molecule has 0 spiro atoms. The third kappa shape index (κ3) is 4.40. The number of carbonyl (C=O) groups is 2. The lowest BCUT2D eigenvalue weighted by molar-refractivity contribution is -0.125. The Hall–Kier alpha value is -2.87. The van der Waals surface area contributed by atoms with Crippen LogP contribution in [0.3, 0.4) is 0 Å². The van der Waals surface area contributed by atoms with E-state index in [-0.39, 0.29) is 17.9 Å². The molecule has 0 radical (unpaired) electrons. The molecule has 0 unspecified atom stereocenters. The summed E-state index contributed by atoms with van der Waals surface area (Å²) in [5.74, 6) is -1.78. The zero-order valence-corrected chi connectivity index (χ0v) is 14.8. The summed E-state index contributed by atoms with van der Waals surface area (Å²) in [6.45, 7) is 0. The van der Waals surface area contributed by atoms with Gasteiger partial charge in [0.1, 0.15) is 0 Å². The Morgan fingerprint density at radius 1 is 0.923 bits per heavy atom. The van der Waals surface area contributed by atoms with Crippen LogP contribution in [0.1, 0.15) is 16.8 Å². The van der Waals surface area contributed by atoms with Crippen molar-refractivity contribution in [2.45, 2.75) is 6.42 Å². The zero-order chi connectivity index (χ0) is 18.6. The number of amides is 2. The third-order valence-corrected chi connectivity index (χ3v) is 5.89. The molecule has 2 aromatic carbocycles. The maximum absolute atomic E-state index is 12.4. The molecule has 8 heteroatoms. The van der Waals surface area contributed by atoms with Gasteiger partial charge in [-0.1, -0.05) is 30.3 Å². The van der Waals surface area contributed by atoms with Crippen LogP contribution in [-0.2, 0) is 14.6 Å². The van der Waals surface area contributed by atoms with Crippen molar-refractivity contribution in [1.82, 2.24) is 10.9 Å². The van der Waals surface area contributed by atoms with E-state index < -0.39 is 27.6 Å². The summed E-state index contributed by atoms with van der Waals surface area (Å²) < 4.78 is 22.9. The largest absolute Gasteiger partial charge is 0.355 e. The van der Waals surface area contributed by atoms with Gasteiger partial charge in [-0.2, -0.15) is 0 Å². The Labute approximate surface area is 151 Å². The van der Waals surface area contributed by atoms with Crippen LogP contribution in [-0.4, -0.2) is 31.7 Å². The van der Waals surface area contributed by atoms with Gasteiger partial charge in [0.25, 0.3) is 5.91 Å². The summed E-state index contributed by atoms with van der Waals surface area (Å²) in [7, 11) is -3.16. The van der Waals surface area contributed by atoms with E-state index in [2.05, 4.69) is 16.2 Å². The van der Waals surface area contributed by atoms with Crippen LogP contribution in [0.2, 0.25) is 0 Å². The highest BCUT2D eigenvalue weighted by Gasteiger charge is 2.33. The fourth-order valence-corrected chi connectivity index (χ4v) is 4.50. The predicted octanol–water partition coefficient (Wildman–Crippen LogP) is 1.63. The summed E-state index contributed by atoms with van der Waals surface area (Å²) >= 11 is 0. The summed E-state index contributed by atoms with van der Waals surface area (Å²) in [6.07, 6.45) is 0.274. The number of carbonyl (C=O) groups excluding carboxylic acids is 2. The van der Waals surface area contributed by atoms with Gasteiger partial charge in [0.2, 0.25) is 5.91 Å². The first-order chi connectivity index (χ1) is 12.4. The van der Waals surface area contributed by atoms with E-state index in [0.29, 0.717) is 11.3 Å². The van der Waals surface area contributed by atoms with Crippen molar-refractivity contribution in [2.24, 2.45) is 5.92 Å². The first-order valence-corrected chi connectivity index (χ1v) is 9.98. The fraction of sp³-hybridized carbons (Fsp3) is 0.222. The normalized spacial score (nSPS) is 18.1. The highest BCUT2D eigenvalue weighted by molar-refractivity contribution is 7.91. The molecule has 0 saturated carbocycles. The Kier molecular flexibility index (Phi) is 5.22. The molecule has 3 N–H and O–H groups in total. The predicted molar refractivity (Wildman–Crippen MR) is 98.5 cm³/mol. The van der Waals surface area contributed by atoms with Gasteiger partial charge in [-0.15, -0.1) is 0 Å². The number of nitrogens with one attached hydrogen (secondary N) is 3. The zero-order valence-electron chi connectivity index (χ0n) is 13.9. The van der Waals surface area contributed by atoms with Crippen molar-refractivity contribution in [3.63, 3.8) is 0 Å². The molecule has 26 heavy (non-hydrogen) atoms. The third-order valence-electron chi connectivity index (χ3n) is 4.13. The average molecular weight is 373 g/mol. The second-order valence-electron chi connectivity index (χ2n) is 6.08. The van der Waals surface area contributed by atoms with Crippen molar-refractivity contribution in [3.8, 4) is 0 Å². The van der Waals surface area contributed by atoms with Crippen molar-refractivity contribution in [3.05, 3.63) is 60.2 Å². The van der Waals surface area contributed by atoms with E-state index in [1.165, 1.54) is 0 Å². The molecule has 0 aliphatic carbocycles. The van der Waals surface area contributed by atoms with Gasteiger partial charge in [-0.3, -0.25) is 20.4 Å². The monoisotopic (exact) mass is 373 g/mol. The Balaban J connectivity index is 1.64. The van der Waals surface area contributed by atoms with Gasteiger partial charge < -0.3 is 5.32 Å². The standard InChI is InChI=1S/C18H19N3O4S/c22-17(13-10-11-26(24,25)12-13)20-21-18(23)15-8-4-5-9-16(15)19-14-6-2-1-3-7-14/h1-9,13,19H,10-12H2,(H,20,22)(H,21,23)/t13-/m0/s1. The van der Waals surface area contributed by atoms with Crippen LogP contribution in [0.25, 0.3) is 0 Å². The minimum atomic E-state index is -3.16.